The van der Waals surface area contributed by atoms with Gasteiger partial charge in [0.2, 0.25) is 5.91 Å². The van der Waals surface area contributed by atoms with Gasteiger partial charge in [0.1, 0.15) is 18.0 Å². The molecule has 0 spiro atoms. The standard InChI is InChI=1S/C35H49N5O2Si/c1-24(2)43(25(3)4,26(5)6)42-22-29-19-36-34-32(35(38-23-37-34)39(7)20-27-14-10-8-11-15-27)33-30(29)18-31(41)40(33)21-28-16-12-9-13-17-28/h8-17,23-26,29-30,33H,18-22H2,1-7H3,(H,36,37,38)/t29-,30?,33?/m0/s1. The number of carbonyl (C=O) groups is 1. The lowest BCUT2D eigenvalue weighted by molar-refractivity contribution is -0.129. The number of fused-ring (bicyclic) bond motifs is 3. The Morgan fingerprint density at radius 1 is 0.930 bits per heavy atom. The summed E-state index contributed by atoms with van der Waals surface area (Å²) in [5, 5.41) is 3.71. The zero-order valence-corrected chi connectivity index (χ0v) is 28.0. The Hall–Kier alpha value is -3.23. The van der Waals surface area contributed by atoms with Gasteiger partial charge in [0.25, 0.3) is 0 Å². The smallest absolute Gasteiger partial charge is 0.223 e. The van der Waals surface area contributed by atoms with Crippen LogP contribution in [0.5, 0.6) is 0 Å². The van der Waals surface area contributed by atoms with Crippen molar-refractivity contribution >= 4 is 25.9 Å². The lowest BCUT2D eigenvalue weighted by atomic mass is 9.84. The molecule has 3 atom stereocenters. The van der Waals surface area contributed by atoms with Crippen molar-refractivity contribution in [2.45, 2.75) is 83.7 Å². The summed E-state index contributed by atoms with van der Waals surface area (Å²) in [6.45, 7) is 16.7. The molecular formula is C35H49N5O2Si. The van der Waals surface area contributed by atoms with Crippen LogP contribution >= 0.6 is 0 Å². The minimum Gasteiger partial charge on any atom is -0.416 e. The first kappa shape index (κ1) is 31.2. The quantitative estimate of drug-likeness (QED) is 0.231. The van der Waals surface area contributed by atoms with Gasteiger partial charge in [0.15, 0.2) is 8.32 Å². The maximum absolute atomic E-state index is 13.9. The summed E-state index contributed by atoms with van der Waals surface area (Å²) in [4.78, 5) is 27.8. The molecule has 7 nitrogen and oxygen atoms in total. The van der Waals surface area contributed by atoms with Crippen LogP contribution in [-0.4, -0.2) is 49.3 Å². The topological polar surface area (TPSA) is 70.6 Å². The monoisotopic (exact) mass is 599 g/mol. The van der Waals surface area contributed by atoms with Crippen molar-refractivity contribution in [3.05, 3.63) is 83.7 Å². The molecule has 1 fully saturated rings. The van der Waals surface area contributed by atoms with Crippen LogP contribution in [0.2, 0.25) is 16.6 Å². The minimum absolute atomic E-state index is 0.0954. The predicted octanol–water partition coefficient (Wildman–Crippen LogP) is 7.44. The molecule has 2 aliphatic rings. The molecule has 1 N–H and O–H groups in total. The first-order valence-electron chi connectivity index (χ1n) is 15.9. The number of aromatic nitrogens is 2. The lowest BCUT2D eigenvalue weighted by Gasteiger charge is -2.43. The van der Waals surface area contributed by atoms with Crippen LogP contribution in [0.4, 0.5) is 11.6 Å². The Bertz CT molecular complexity index is 1350. The van der Waals surface area contributed by atoms with Gasteiger partial charge in [0.05, 0.1) is 11.6 Å². The molecule has 8 heteroatoms. The van der Waals surface area contributed by atoms with Gasteiger partial charge in [0, 0.05) is 45.6 Å². The van der Waals surface area contributed by atoms with Gasteiger partial charge in [-0.2, -0.15) is 0 Å². The molecule has 230 valence electrons. The van der Waals surface area contributed by atoms with Crippen molar-refractivity contribution in [2.75, 3.05) is 30.4 Å². The van der Waals surface area contributed by atoms with E-state index in [0.29, 0.717) is 42.7 Å². The molecule has 1 aromatic heterocycles. The fraction of sp³-hybridized carbons (Fsp3) is 0.514. The summed E-state index contributed by atoms with van der Waals surface area (Å²) in [6.07, 6.45) is 2.16. The maximum Gasteiger partial charge on any atom is 0.223 e. The third-order valence-corrected chi connectivity index (χ3v) is 15.9. The van der Waals surface area contributed by atoms with E-state index in [0.717, 1.165) is 29.3 Å². The highest BCUT2D eigenvalue weighted by Gasteiger charge is 2.50. The van der Waals surface area contributed by atoms with Crippen LogP contribution in [0.15, 0.2) is 67.0 Å². The molecule has 0 radical (unpaired) electrons. The number of hydrogen-bond donors (Lipinski definition) is 1. The number of likely N-dealkylation sites (tertiary alicyclic amines) is 1. The van der Waals surface area contributed by atoms with Crippen molar-refractivity contribution in [3.8, 4) is 0 Å². The molecule has 5 rings (SSSR count). The predicted molar refractivity (Wildman–Crippen MR) is 177 cm³/mol. The normalized spacial score (nSPS) is 20.3. The van der Waals surface area contributed by atoms with E-state index in [1.54, 1.807) is 6.33 Å². The Kier molecular flexibility index (Phi) is 9.56. The highest BCUT2D eigenvalue weighted by Crippen LogP contribution is 2.50. The van der Waals surface area contributed by atoms with Gasteiger partial charge < -0.3 is 19.5 Å². The van der Waals surface area contributed by atoms with E-state index in [1.165, 1.54) is 5.56 Å². The highest BCUT2D eigenvalue weighted by molar-refractivity contribution is 6.77. The van der Waals surface area contributed by atoms with Crippen LogP contribution in [0.3, 0.4) is 0 Å². The Labute approximate surface area is 259 Å². The fourth-order valence-electron chi connectivity index (χ4n) is 7.93. The van der Waals surface area contributed by atoms with Crippen molar-refractivity contribution in [1.29, 1.82) is 0 Å². The number of hydrogen-bond acceptors (Lipinski definition) is 6. The Balaban J connectivity index is 1.54. The van der Waals surface area contributed by atoms with Crippen molar-refractivity contribution in [2.24, 2.45) is 11.8 Å². The minimum atomic E-state index is -2.08. The van der Waals surface area contributed by atoms with Crippen LogP contribution in [-0.2, 0) is 22.3 Å². The molecule has 0 aliphatic carbocycles. The second-order valence-corrected chi connectivity index (χ2v) is 18.9. The van der Waals surface area contributed by atoms with Gasteiger partial charge in [-0.3, -0.25) is 4.79 Å². The van der Waals surface area contributed by atoms with E-state index in [4.69, 9.17) is 14.4 Å². The van der Waals surface area contributed by atoms with E-state index in [2.05, 4.69) is 100 Å². The van der Waals surface area contributed by atoms with E-state index >= 15 is 0 Å². The molecular weight excluding hydrogens is 551 g/mol. The zero-order valence-electron chi connectivity index (χ0n) is 27.0. The highest BCUT2D eigenvalue weighted by atomic mass is 28.4. The van der Waals surface area contributed by atoms with Gasteiger partial charge in [-0.25, -0.2) is 9.97 Å². The number of amides is 1. The molecule has 3 heterocycles. The molecule has 2 unspecified atom stereocenters. The van der Waals surface area contributed by atoms with Gasteiger partial charge >= 0.3 is 0 Å². The summed E-state index contributed by atoms with van der Waals surface area (Å²) in [7, 11) is 0.00428. The van der Waals surface area contributed by atoms with E-state index in [-0.39, 0.29) is 23.8 Å². The molecule has 1 amide bonds. The molecule has 0 saturated carbocycles. The Morgan fingerprint density at radius 2 is 1.53 bits per heavy atom. The van der Waals surface area contributed by atoms with Gasteiger partial charge in [-0.05, 0) is 33.7 Å². The van der Waals surface area contributed by atoms with Gasteiger partial charge in [-0.1, -0.05) is 102 Å². The summed E-state index contributed by atoms with van der Waals surface area (Å²) in [5.41, 5.74) is 4.87. The molecule has 1 saturated heterocycles. The average molecular weight is 600 g/mol. The third kappa shape index (κ3) is 6.22. The summed E-state index contributed by atoms with van der Waals surface area (Å²) in [6, 6.07) is 20.6. The van der Waals surface area contributed by atoms with E-state index < -0.39 is 8.32 Å². The first-order valence-corrected chi connectivity index (χ1v) is 18.1. The van der Waals surface area contributed by atoms with Crippen molar-refractivity contribution < 1.29 is 9.22 Å². The third-order valence-electron chi connectivity index (χ3n) is 9.84. The second-order valence-electron chi connectivity index (χ2n) is 13.4. The van der Waals surface area contributed by atoms with Crippen LogP contribution in [0.25, 0.3) is 0 Å². The summed E-state index contributed by atoms with van der Waals surface area (Å²) >= 11 is 0. The van der Waals surface area contributed by atoms with E-state index in [1.807, 2.05) is 24.3 Å². The molecule has 3 aromatic rings. The van der Waals surface area contributed by atoms with E-state index in [9.17, 15) is 4.79 Å². The van der Waals surface area contributed by atoms with Crippen LogP contribution in [0, 0.1) is 11.8 Å². The summed E-state index contributed by atoms with van der Waals surface area (Å²) < 4.78 is 7.18. The molecule has 2 aromatic carbocycles. The molecule has 0 bridgehead atoms. The first-order chi connectivity index (χ1) is 20.6. The lowest BCUT2D eigenvalue weighted by Crippen LogP contribution is -2.49. The molecule has 43 heavy (non-hydrogen) atoms. The van der Waals surface area contributed by atoms with Gasteiger partial charge in [-0.15, -0.1) is 0 Å². The fourth-order valence-corrected chi connectivity index (χ4v) is 13.4. The van der Waals surface area contributed by atoms with Crippen LogP contribution in [0.1, 0.15) is 70.7 Å². The van der Waals surface area contributed by atoms with Crippen molar-refractivity contribution in [3.63, 3.8) is 0 Å². The van der Waals surface area contributed by atoms with Crippen molar-refractivity contribution in [1.82, 2.24) is 14.9 Å². The number of carbonyl (C=O) groups excluding carboxylic acids is 1. The number of benzene rings is 2. The van der Waals surface area contributed by atoms with Crippen LogP contribution < -0.4 is 10.2 Å². The number of anilines is 2. The number of nitrogens with one attached hydrogen (secondary N) is 1. The average Bonchev–Trinajstić information content (AvgIpc) is 3.20. The second kappa shape index (κ2) is 13.2. The zero-order chi connectivity index (χ0) is 30.7. The number of nitrogens with zero attached hydrogens (tertiary/aromatic N) is 4. The summed E-state index contributed by atoms with van der Waals surface area (Å²) in [5.74, 6) is 2.16. The Morgan fingerprint density at radius 3 is 2.14 bits per heavy atom. The molecule has 2 aliphatic heterocycles. The maximum atomic E-state index is 13.9. The SMILES string of the molecule is CC(C)[Si](OC[C@@H]1CNc2ncnc(N(C)Cc3ccccc3)c2C2C1CC(=O)N2Cc1ccccc1)(C(C)C)C(C)C. The number of rotatable bonds is 11. The largest absolute Gasteiger partial charge is 0.416 e.